The Morgan fingerprint density at radius 3 is 2.40 bits per heavy atom. The molecule has 0 unspecified atom stereocenters. The second-order valence-electron chi connectivity index (χ2n) is 8.85. The number of hydrogen-bond donors (Lipinski definition) is 2. The molecule has 1 atom stereocenters. The molecule has 0 radical (unpaired) electrons. The van der Waals surface area contributed by atoms with E-state index in [0.29, 0.717) is 16.9 Å². The minimum atomic E-state index is -4.53. The van der Waals surface area contributed by atoms with Crippen molar-refractivity contribution in [2.45, 2.75) is 76.6 Å². The van der Waals surface area contributed by atoms with Gasteiger partial charge in [0, 0.05) is 0 Å². The van der Waals surface area contributed by atoms with E-state index in [1.165, 1.54) is 31.4 Å². The van der Waals surface area contributed by atoms with E-state index in [2.05, 4.69) is 6.92 Å². The summed E-state index contributed by atoms with van der Waals surface area (Å²) in [5.74, 6) is 0.566. The fourth-order valence-electron chi connectivity index (χ4n) is 4.36. The average Bonchev–Trinajstić information content (AvgIpc) is 2.71. The third-order valence-corrected chi connectivity index (χ3v) is 6.31. The number of unbranched alkanes of at least 4 members (excludes halogenated alkanes) is 1. The molecule has 3 N–H and O–H groups in total. The van der Waals surface area contributed by atoms with Gasteiger partial charge in [0.15, 0.2) is 0 Å². The van der Waals surface area contributed by atoms with E-state index >= 15 is 0 Å². The number of fused-ring (bicyclic) bond motifs is 1. The maximum atomic E-state index is 14.0. The number of aliphatic hydroxyl groups is 1. The zero-order valence-electron chi connectivity index (χ0n) is 17.8. The van der Waals surface area contributed by atoms with Crippen LogP contribution in [-0.2, 0) is 11.7 Å². The summed E-state index contributed by atoms with van der Waals surface area (Å²) in [7, 11) is 0. The topological polar surface area (TPSA) is 55.5 Å². The first-order chi connectivity index (χ1) is 14.2. The van der Waals surface area contributed by atoms with Crippen LogP contribution in [0.5, 0.6) is 5.75 Å². The normalized spacial score (nSPS) is 22.1. The van der Waals surface area contributed by atoms with Gasteiger partial charge in [-0.05, 0) is 67.0 Å². The molecule has 1 aliphatic carbocycles. The third-order valence-electron chi connectivity index (χ3n) is 6.31. The zero-order chi connectivity index (χ0) is 21.9. The molecule has 1 aliphatic rings. The molecule has 0 heterocycles. The van der Waals surface area contributed by atoms with E-state index < -0.39 is 17.3 Å². The molecule has 0 spiro atoms. The fraction of sp³-hybridized carbons (Fsp3) is 0.583. The van der Waals surface area contributed by atoms with E-state index in [4.69, 9.17) is 10.5 Å². The van der Waals surface area contributed by atoms with Crippen molar-refractivity contribution < 1.29 is 23.0 Å². The van der Waals surface area contributed by atoms with Crippen molar-refractivity contribution in [3.05, 3.63) is 41.5 Å². The van der Waals surface area contributed by atoms with Crippen molar-refractivity contribution >= 4 is 10.8 Å². The largest absolute Gasteiger partial charge is 0.490 e. The highest BCUT2D eigenvalue weighted by Gasteiger charge is 2.37. The van der Waals surface area contributed by atoms with Gasteiger partial charge < -0.3 is 15.6 Å². The number of alkyl halides is 3. The van der Waals surface area contributed by atoms with Crippen LogP contribution in [0.3, 0.4) is 0 Å². The monoisotopic (exact) mass is 423 g/mol. The lowest BCUT2D eigenvalue weighted by Gasteiger charge is -2.30. The lowest BCUT2D eigenvalue weighted by atomic mass is 9.84. The number of halogens is 3. The minimum absolute atomic E-state index is 0.0918. The summed E-state index contributed by atoms with van der Waals surface area (Å²) in [4.78, 5) is 0. The lowest BCUT2D eigenvalue weighted by Crippen LogP contribution is -2.36. The molecule has 0 amide bonds. The molecule has 0 aromatic heterocycles. The van der Waals surface area contributed by atoms with Crippen LogP contribution in [-0.4, -0.2) is 17.8 Å². The summed E-state index contributed by atoms with van der Waals surface area (Å²) in [6.45, 7) is 3.52. The van der Waals surface area contributed by atoms with Gasteiger partial charge in [0.05, 0.1) is 18.2 Å². The Kier molecular flexibility index (Phi) is 6.98. The molecular weight excluding hydrogens is 391 g/mol. The molecule has 3 rings (SSSR count). The standard InChI is InChI=1S/C24H32F3NO2/c1-3-4-5-16-6-10-19(11-7-16)30-21-13-8-17-14-18(23(2,28)15-29)9-12-20(17)22(21)24(25,26)27/h8-9,12-14,16,19,29H,3-7,10-11,15,28H2,1-2H3/t16-,19+,23-/m0/s1. The van der Waals surface area contributed by atoms with Gasteiger partial charge in [-0.25, -0.2) is 0 Å². The summed E-state index contributed by atoms with van der Waals surface area (Å²) < 4.78 is 47.9. The summed E-state index contributed by atoms with van der Waals surface area (Å²) in [6.07, 6.45) is 2.49. The number of rotatable bonds is 7. The Morgan fingerprint density at radius 1 is 1.10 bits per heavy atom. The molecule has 0 bridgehead atoms. The summed E-state index contributed by atoms with van der Waals surface area (Å²) in [5.41, 5.74) is 4.89. The van der Waals surface area contributed by atoms with Crippen molar-refractivity contribution in [2.75, 3.05) is 6.61 Å². The van der Waals surface area contributed by atoms with Crippen molar-refractivity contribution in [2.24, 2.45) is 11.7 Å². The lowest BCUT2D eigenvalue weighted by molar-refractivity contribution is -0.138. The number of hydrogen-bond acceptors (Lipinski definition) is 3. The van der Waals surface area contributed by atoms with Crippen LogP contribution in [0, 0.1) is 5.92 Å². The molecule has 0 aliphatic heterocycles. The summed E-state index contributed by atoms with van der Waals surface area (Å²) in [6, 6.07) is 7.66. The van der Waals surface area contributed by atoms with Crippen LogP contribution < -0.4 is 10.5 Å². The smallest absolute Gasteiger partial charge is 0.420 e. The molecular formula is C24H32F3NO2. The van der Waals surface area contributed by atoms with Crippen molar-refractivity contribution in [3.63, 3.8) is 0 Å². The average molecular weight is 424 g/mol. The van der Waals surface area contributed by atoms with Gasteiger partial charge in [0.1, 0.15) is 11.3 Å². The van der Waals surface area contributed by atoms with Crippen LogP contribution in [0.4, 0.5) is 13.2 Å². The van der Waals surface area contributed by atoms with E-state index in [-0.39, 0.29) is 23.8 Å². The molecule has 0 saturated heterocycles. The van der Waals surface area contributed by atoms with E-state index in [1.807, 2.05) is 0 Å². The second-order valence-corrected chi connectivity index (χ2v) is 8.85. The first-order valence-electron chi connectivity index (χ1n) is 10.9. The SMILES string of the molecule is CCCC[C@H]1CC[C@@H](Oc2ccc3cc([C@@](C)(N)CO)ccc3c2C(F)(F)F)CC1. The van der Waals surface area contributed by atoms with Crippen molar-refractivity contribution in [1.29, 1.82) is 0 Å². The van der Waals surface area contributed by atoms with Gasteiger partial charge in [-0.15, -0.1) is 0 Å². The molecule has 1 saturated carbocycles. The first kappa shape index (κ1) is 22.9. The number of benzene rings is 2. The molecule has 2 aromatic carbocycles. The van der Waals surface area contributed by atoms with E-state index in [9.17, 15) is 18.3 Å². The van der Waals surface area contributed by atoms with Gasteiger partial charge in [0.25, 0.3) is 0 Å². The molecule has 30 heavy (non-hydrogen) atoms. The Labute approximate surface area is 176 Å². The summed E-state index contributed by atoms with van der Waals surface area (Å²) in [5, 5.41) is 9.99. The molecule has 166 valence electrons. The van der Waals surface area contributed by atoms with Crippen LogP contribution in [0.1, 0.15) is 69.9 Å². The summed E-state index contributed by atoms with van der Waals surface area (Å²) >= 11 is 0. The van der Waals surface area contributed by atoms with Gasteiger partial charge in [-0.2, -0.15) is 13.2 Å². The number of nitrogens with two attached hydrogens (primary N) is 1. The number of ether oxygens (including phenoxy) is 1. The Hall–Kier alpha value is -1.79. The van der Waals surface area contributed by atoms with E-state index in [1.54, 1.807) is 25.1 Å². The number of aliphatic hydroxyl groups excluding tert-OH is 1. The maximum Gasteiger partial charge on any atom is 0.420 e. The first-order valence-corrected chi connectivity index (χ1v) is 10.9. The van der Waals surface area contributed by atoms with Crippen LogP contribution in [0.25, 0.3) is 10.8 Å². The van der Waals surface area contributed by atoms with Crippen molar-refractivity contribution in [1.82, 2.24) is 0 Å². The molecule has 2 aromatic rings. The highest BCUT2D eigenvalue weighted by atomic mass is 19.4. The Morgan fingerprint density at radius 2 is 1.80 bits per heavy atom. The predicted molar refractivity (Wildman–Crippen MR) is 113 cm³/mol. The minimum Gasteiger partial charge on any atom is -0.490 e. The highest BCUT2D eigenvalue weighted by Crippen LogP contribution is 2.43. The van der Waals surface area contributed by atoms with Crippen LogP contribution in [0.15, 0.2) is 30.3 Å². The van der Waals surface area contributed by atoms with Gasteiger partial charge >= 0.3 is 6.18 Å². The van der Waals surface area contributed by atoms with E-state index in [0.717, 1.165) is 25.7 Å². The predicted octanol–water partition coefficient (Wildman–Crippen LogP) is 6.15. The van der Waals surface area contributed by atoms with Gasteiger partial charge in [-0.1, -0.05) is 44.4 Å². The Bertz CT molecular complexity index is 855. The second kappa shape index (κ2) is 9.15. The zero-order valence-corrected chi connectivity index (χ0v) is 17.8. The highest BCUT2D eigenvalue weighted by molar-refractivity contribution is 5.89. The fourth-order valence-corrected chi connectivity index (χ4v) is 4.36. The third kappa shape index (κ3) is 5.09. The van der Waals surface area contributed by atoms with Crippen LogP contribution >= 0.6 is 0 Å². The van der Waals surface area contributed by atoms with Crippen LogP contribution in [0.2, 0.25) is 0 Å². The van der Waals surface area contributed by atoms with Crippen molar-refractivity contribution in [3.8, 4) is 5.75 Å². The molecule has 6 heteroatoms. The van der Waals surface area contributed by atoms with Gasteiger partial charge in [0.2, 0.25) is 0 Å². The maximum absolute atomic E-state index is 14.0. The molecule has 3 nitrogen and oxygen atoms in total. The molecule has 1 fully saturated rings. The Balaban J connectivity index is 1.87. The quantitative estimate of drug-likeness (QED) is 0.561. The van der Waals surface area contributed by atoms with Gasteiger partial charge in [-0.3, -0.25) is 0 Å².